The summed E-state index contributed by atoms with van der Waals surface area (Å²) < 4.78 is 13.6. The normalized spacial score (nSPS) is 10.3. The van der Waals surface area contributed by atoms with E-state index in [2.05, 4.69) is 15.6 Å². The number of anilines is 3. The molecule has 106 valence electrons. The highest BCUT2D eigenvalue weighted by molar-refractivity contribution is 7.18. The number of benzene rings is 1. The molecule has 2 rings (SSSR count). The van der Waals surface area contributed by atoms with Crippen LogP contribution in [0.1, 0.15) is 22.2 Å². The Labute approximate surface area is 120 Å². The van der Waals surface area contributed by atoms with Gasteiger partial charge in [0.15, 0.2) is 5.13 Å². The minimum atomic E-state index is -0.487. The standard InChI is InChI=1S/C13H15FN4OS/c1-3-16-13-18-11(15)10(20-13)12(19)17-9-6-7(2)4-5-8(9)14/h4-6H,3,15H2,1-2H3,(H,16,18)(H,17,19). The number of nitrogens with zero attached hydrogens (tertiary/aromatic N) is 1. The summed E-state index contributed by atoms with van der Waals surface area (Å²) >= 11 is 1.14. The van der Waals surface area contributed by atoms with E-state index in [1.807, 2.05) is 13.8 Å². The summed E-state index contributed by atoms with van der Waals surface area (Å²) in [6.07, 6.45) is 0. The molecule has 7 heteroatoms. The smallest absolute Gasteiger partial charge is 0.269 e. The molecule has 1 heterocycles. The van der Waals surface area contributed by atoms with E-state index in [0.717, 1.165) is 16.9 Å². The Hall–Kier alpha value is -2.15. The minimum absolute atomic E-state index is 0.132. The van der Waals surface area contributed by atoms with Crippen LogP contribution in [0.2, 0.25) is 0 Å². The molecule has 0 radical (unpaired) electrons. The number of amides is 1. The van der Waals surface area contributed by atoms with E-state index in [1.54, 1.807) is 12.1 Å². The number of aryl methyl sites for hydroxylation is 1. The maximum absolute atomic E-state index is 13.6. The van der Waals surface area contributed by atoms with Gasteiger partial charge in [-0.05, 0) is 31.5 Å². The van der Waals surface area contributed by atoms with Crippen LogP contribution in [0, 0.1) is 12.7 Å². The molecule has 0 bridgehead atoms. The van der Waals surface area contributed by atoms with Crippen LogP contribution in [0.15, 0.2) is 18.2 Å². The van der Waals surface area contributed by atoms with Crippen LogP contribution in [0.25, 0.3) is 0 Å². The Morgan fingerprint density at radius 3 is 2.95 bits per heavy atom. The number of nitrogen functional groups attached to an aromatic ring is 1. The number of nitrogens with one attached hydrogen (secondary N) is 2. The first kappa shape index (κ1) is 14.3. The van der Waals surface area contributed by atoms with Crippen LogP contribution in [0.4, 0.5) is 21.0 Å². The summed E-state index contributed by atoms with van der Waals surface area (Å²) in [5.41, 5.74) is 6.69. The summed E-state index contributed by atoms with van der Waals surface area (Å²) in [5.74, 6) is -0.816. The molecule has 0 atom stereocenters. The number of hydrogen-bond acceptors (Lipinski definition) is 5. The van der Waals surface area contributed by atoms with Crippen LogP contribution in [0.5, 0.6) is 0 Å². The molecular weight excluding hydrogens is 279 g/mol. The fourth-order valence-corrected chi connectivity index (χ4v) is 2.48. The Morgan fingerprint density at radius 1 is 1.50 bits per heavy atom. The average molecular weight is 294 g/mol. The van der Waals surface area contributed by atoms with Gasteiger partial charge in [-0.2, -0.15) is 0 Å². The maximum atomic E-state index is 13.6. The van der Waals surface area contributed by atoms with Crippen molar-refractivity contribution in [1.29, 1.82) is 0 Å². The van der Waals surface area contributed by atoms with Crippen LogP contribution in [-0.4, -0.2) is 17.4 Å². The van der Waals surface area contributed by atoms with Crippen molar-refractivity contribution in [2.24, 2.45) is 0 Å². The van der Waals surface area contributed by atoms with Gasteiger partial charge in [0.1, 0.15) is 16.5 Å². The van der Waals surface area contributed by atoms with Gasteiger partial charge in [-0.25, -0.2) is 9.37 Å². The van der Waals surface area contributed by atoms with E-state index in [1.165, 1.54) is 6.07 Å². The lowest BCUT2D eigenvalue weighted by molar-refractivity contribution is 0.103. The molecule has 0 aliphatic rings. The molecule has 0 saturated carbocycles. The molecule has 1 aromatic heterocycles. The fraction of sp³-hybridized carbons (Fsp3) is 0.231. The highest BCUT2D eigenvalue weighted by atomic mass is 32.1. The second kappa shape index (κ2) is 5.87. The van der Waals surface area contributed by atoms with Gasteiger partial charge in [0, 0.05) is 6.54 Å². The molecule has 0 saturated heterocycles. The van der Waals surface area contributed by atoms with Crippen molar-refractivity contribution in [3.05, 3.63) is 34.5 Å². The monoisotopic (exact) mass is 294 g/mol. The molecular formula is C13H15FN4OS. The SMILES string of the molecule is CCNc1nc(N)c(C(=O)Nc2cc(C)ccc2F)s1. The zero-order valence-corrected chi connectivity index (χ0v) is 12.0. The quantitative estimate of drug-likeness (QED) is 0.810. The molecule has 1 amide bonds. The van der Waals surface area contributed by atoms with Crippen molar-refractivity contribution in [3.8, 4) is 0 Å². The van der Waals surface area contributed by atoms with Crippen molar-refractivity contribution in [3.63, 3.8) is 0 Å². The molecule has 0 unspecified atom stereocenters. The first-order valence-electron chi connectivity index (χ1n) is 6.09. The highest BCUT2D eigenvalue weighted by Gasteiger charge is 2.17. The predicted octanol–water partition coefficient (Wildman–Crippen LogP) is 2.86. The third-order valence-electron chi connectivity index (χ3n) is 2.56. The largest absolute Gasteiger partial charge is 0.382 e. The Kier molecular flexibility index (Phi) is 4.19. The molecule has 4 N–H and O–H groups in total. The van der Waals surface area contributed by atoms with E-state index in [0.29, 0.717) is 11.7 Å². The summed E-state index contributed by atoms with van der Waals surface area (Å²) in [5, 5.41) is 6.06. The average Bonchev–Trinajstić information content (AvgIpc) is 2.75. The van der Waals surface area contributed by atoms with E-state index < -0.39 is 11.7 Å². The first-order valence-corrected chi connectivity index (χ1v) is 6.90. The van der Waals surface area contributed by atoms with E-state index in [9.17, 15) is 9.18 Å². The Morgan fingerprint density at radius 2 is 2.25 bits per heavy atom. The first-order chi connectivity index (χ1) is 9.51. The van der Waals surface area contributed by atoms with Gasteiger partial charge in [-0.15, -0.1) is 0 Å². The molecule has 0 aliphatic carbocycles. The highest BCUT2D eigenvalue weighted by Crippen LogP contribution is 2.26. The second-order valence-corrected chi connectivity index (χ2v) is 5.20. The number of hydrogen-bond donors (Lipinski definition) is 3. The van der Waals surface area contributed by atoms with Crippen molar-refractivity contribution < 1.29 is 9.18 Å². The molecule has 0 fully saturated rings. The molecule has 20 heavy (non-hydrogen) atoms. The van der Waals surface area contributed by atoms with Crippen molar-refractivity contribution in [2.45, 2.75) is 13.8 Å². The van der Waals surface area contributed by atoms with Gasteiger partial charge in [-0.1, -0.05) is 17.4 Å². The van der Waals surface area contributed by atoms with Gasteiger partial charge < -0.3 is 16.4 Å². The number of thiazole rings is 1. The molecule has 0 spiro atoms. The third-order valence-corrected chi connectivity index (χ3v) is 3.59. The Balaban J connectivity index is 2.21. The zero-order chi connectivity index (χ0) is 14.7. The number of rotatable bonds is 4. The van der Waals surface area contributed by atoms with Crippen molar-refractivity contribution >= 4 is 33.9 Å². The van der Waals surface area contributed by atoms with Gasteiger partial charge in [0.05, 0.1) is 5.69 Å². The van der Waals surface area contributed by atoms with E-state index in [4.69, 9.17) is 5.73 Å². The number of carbonyl (C=O) groups excluding carboxylic acids is 1. The Bertz CT molecular complexity index is 641. The molecule has 0 aliphatic heterocycles. The summed E-state index contributed by atoms with van der Waals surface area (Å²) in [6, 6.07) is 4.51. The topological polar surface area (TPSA) is 80.0 Å². The maximum Gasteiger partial charge on any atom is 0.269 e. The predicted molar refractivity (Wildman–Crippen MR) is 79.8 cm³/mol. The van der Waals surface area contributed by atoms with Crippen LogP contribution in [-0.2, 0) is 0 Å². The summed E-state index contributed by atoms with van der Waals surface area (Å²) in [4.78, 5) is 16.4. The lowest BCUT2D eigenvalue weighted by atomic mass is 10.2. The lowest BCUT2D eigenvalue weighted by Crippen LogP contribution is -2.13. The number of halogens is 1. The van der Waals surface area contributed by atoms with Crippen LogP contribution in [0.3, 0.4) is 0 Å². The number of carbonyl (C=O) groups is 1. The molecule has 2 aromatic rings. The fourth-order valence-electron chi connectivity index (χ4n) is 1.64. The lowest BCUT2D eigenvalue weighted by Gasteiger charge is -2.06. The summed E-state index contributed by atoms with van der Waals surface area (Å²) in [7, 11) is 0. The third kappa shape index (κ3) is 3.05. The van der Waals surface area contributed by atoms with Crippen molar-refractivity contribution in [2.75, 3.05) is 22.9 Å². The second-order valence-electron chi connectivity index (χ2n) is 4.20. The molecule has 5 nitrogen and oxygen atoms in total. The van der Waals surface area contributed by atoms with E-state index >= 15 is 0 Å². The van der Waals surface area contributed by atoms with Gasteiger partial charge >= 0.3 is 0 Å². The van der Waals surface area contributed by atoms with E-state index in [-0.39, 0.29) is 16.4 Å². The zero-order valence-electron chi connectivity index (χ0n) is 11.2. The van der Waals surface area contributed by atoms with Gasteiger partial charge in [0.25, 0.3) is 5.91 Å². The van der Waals surface area contributed by atoms with Gasteiger partial charge in [0.2, 0.25) is 0 Å². The summed E-state index contributed by atoms with van der Waals surface area (Å²) in [6.45, 7) is 4.42. The minimum Gasteiger partial charge on any atom is -0.382 e. The number of nitrogens with two attached hydrogens (primary N) is 1. The molecule has 1 aromatic carbocycles. The number of aromatic nitrogens is 1. The van der Waals surface area contributed by atoms with Gasteiger partial charge in [-0.3, -0.25) is 4.79 Å². The van der Waals surface area contributed by atoms with Crippen molar-refractivity contribution in [1.82, 2.24) is 4.98 Å². The van der Waals surface area contributed by atoms with Crippen LogP contribution < -0.4 is 16.4 Å². The van der Waals surface area contributed by atoms with Crippen LogP contribution >= 0.6 is 11.3 Å².